The number of rotatable bonds is 3. The van der Waals surface area contributed by atoms with E-state index in [1.165, 1.54) is 12.1 Å². The summed E-state index contributed by atoms with van der Waals surface area (Å²) >= 11 is 0. The minimum Gasteiger partial charge on any atom is -0.387 e. The van der Waals surface area contributed by atoms with Crippen LogP contribution < -0.4 is 5.73 Å². The highest BCUT2D eigenvalue weighted by molar-refractivity contribution is 7.92. The number of nitrogens with one attached hydrogen (secondary N) is 1. The number of nitrogens with two attached hydrogens (primary N) is 1. The van der Waals surface area contributed by atoms with Crippen molar-refractivity contribution in [2.45, 2.75) is 4.90 Å². The number of hydrogen-bond acceptors (Lipinski definition) is 3. The zero-order chi connectivity index (χ0) is 9.90. The summed E-state index contributed by atoms with van der Waals surface area (Å²) in [4.78, 5) is 0.199. The van der Waals surface area contributed by atoms with Crippen molar-refractivity contribution in [2.24, 2.45) is 5.73 Å². The molecule has 0 radical (unpaired) electrons. The minimum atomic E-state index is -3.41. The molecule has 4 nitrogen and oxygen atoms in total. The molecule has 13 heavy (non-hydrogen) atoms. The summed E-state index contributed by atoms with van der Waals surface area (Å²) in [5.41, 5.74) is 5.02. The van der Waals surface area contributed by atoms with Gasteiger partial charge in [-0.3, -0.25) is 5.41 Å². The van der Waals surface area contributed by atoms with Crippen molar-refractivity contribution < 1.29 is 8.42 Å². The predicted molar refractivity (Wildman–Crippen MR) is 50.4 cm³/mol. The molecule has 3 N–H and O–H groups in total. The first-order chi connectivity index (χ1) is 6.02. The molecule has 0 amide bonds. The quantitative estimate of drug-likeness (QED) is 0.544. The van der Waals surface area contributed by atoms with Crippen molar-refractivity contribution >= 4 is 15.7 Å². The monoisotopic (exact) mass is 198 g/mol. The lowest BCUT2D eigenvalue weighted by atomic mass is 10.4. The largest absolute Gasteiger partial charge is 0.387 e. The molecule has 0 aliphatic heterocycles. The Labute approximate surface area is 76.8 Å². The first kappa shape index (κ1) is 9.73. The smallest absolute Gasteiger partial charge is 0.185 e. The molecule has 0 heterocycles. The maximum atomic E-state index is 11.4. The van der Waals surface area contributed by atoms with Crippen molar-refractivity contribution in [3.05, 3.63) is 30.3 Å². The maximum Gasteiger partial charge on any atom is 0.185 e. The fourth-order valence-corrected chi connectivity index (χ4v) is 2.06. The van der Waals surface area contributed by atoms with E-state index in [-0.39, 0.29) is 10.7 Å². The summed E-state index contributed by atoms with van der Waals surface area (Å²) in [7, 11) is -3.41. The standard InChI is InChI=1S/C8H10N2O2S/c9-8(10)6-13(11,12)7-4-2-1-3-5-7/h1-5H,6H2,(H3,9,10). The molecule has 0 aromatic heterocycles. The van der Waals surface area contributed by atoms with E-state index in [1.807, 2.05) is 0 Å². The summed E-state index contributed by atoms with van der Waals surface area (Å²) < 4.78 is 22.8. The van der Waals surface area contributed by atoms with Crippen LogP contribution in [0.2, 0.25) is 0 Å². The van der Waals surface area contributed by atoms with E-state index in [1.54, 1.807) is 18.2 Å². The van der Waals surface area contributed by atoms with Gasteiger partial charge < -0.3 is 5.73 Å². The number of hydrogen-bond donors (Lipinski definition) is 2. The minimum absolute atomic E-state index is 0.199. The summed E-state index contributed by atoms with van der Waals surface area (Å²) in [6.45, 7) is 0. The van der Waals surface area contributed by atoms with Crippen LogP contribution in [0.4, 0.5) is 0 Å². The fraction of sp³-hybridized carbons (Fsp3) is 0.125. The third kappa shape index (κ3) is 2.55. The van der Waals surface area contributed by atoms with E-state index in [2.05, 4.69) is 0 Å². The van der Waals surface area contributed by atoms with E-state index in [0.717, 1.165) is 0 Å². The molecule has 0 aliphatic carbocycles. The average Bonchev–Trinajstić information content (AvgIpc) is 2.04. The summed E-state index contributed by atoms with van der Waals surface area (Å²) in [5, 5.41) is 6.90. The van der Waals surface area contributed by atoms with Crippen LogP contribution >= 0.6 is 0 Å². The Morgan fingerprint density at radius 3 is 2.31 bits per heavy atom. The number of sulfone groups is 1. The second-order valence-electron chi connectivity index (χ2n) is 2.60. The first-order valence-corrected chi connectivity index (χ1v) is 5.28. The van der Waals surface area contributed by atoms with Gasteiger partial charge >= 0.3 is 0 Å². The molecule has 1 aromatic rings. The summed E-state index contributed by atoms with van der Waals surface area (Å²) in [5.74, 6) is -0.763. The molecule has 70 valence electrons. The van der Waals surface area contributed by atoms with Crippen LogP contribution in [0.1, 0.15) is 0 Å². The number of amidine groups is 1. The highest BCUT2D eigenvalue weighted by Crippen LogP contribution is 2.08. The molecule has 0 bridgehead atoms. The molecule has 1 rings (SSSR count). The highest BCUT2D eigenvalue weighted by atomic mass is 32.2. The van der Waals surface area contributed by atoms with Gasteiger partial charge in [-0.15, -0.1) is 0 Å². The molecule has 0 aliphatic rings. The van der Waals surface area contributed by atoms with Crippen molar-refractivity contribution in [1.82, 2.24) is 0 Å². The Morgan fingerprint density at radius 1 is 1.31 bits per heavy atom. The maximum absolute atomic E-state index is 11.4. The second kappa shape index (κ2) is 3.57. The molecule has 0 saturated carbocycles. The van der Waals surface area contributed by atoms with Crippen molar-refractivity contribution in [3.8, 4) is 0 Å². The normalized spacial score (nSPS) is 11.1. The molecule has 0 saturated heterocycles. The Hall–Kier alpha value is -1.36. The fourth-order valence-electron chi connectivity index (χ4n) is 0.916. The summed E-state index contributed by atoms with van der Waals surface area (Å²) in [6, 6.07) is 7.96. The van der Waals surface area contributed by atoms with Gasteiger partial charge in [0.25, 0.3) is 0 Å². The van der Waals surface area contributed by atoms with Crippen LogP contribution in [-0.4, -0.2) is 20.0 Å². The number of benzene rings is 1. The Morgan fingerprint density at radius 2 is 1.85 bits per heavy atom. The molecule has 0 atom stereocenters. The van der Waals surface area contributed by atoms with Gasteiger partial charge in [0.1, 0.15) is 11.6 Å². The Bertz CT molecular complexity index is 397. The van der Waals surface area contributed by atoms with Crippen LogP contribution in [0.3, 0.4) is 0 Å². The molecular formula is C8H10N2O2S. The Kier molecular flexibility index (Phi) is 2.67. The van der Waals surface area contributed by atoms with Gasteiger partial charge in [-0.1, -0.05) is 18.2 Å². The molecule has 0 fully saturated rings. The van der Waals surface area contributed by atoms with Crippen LogP contribution in [0, 0.1) is 5.41 Å². The van der Waals surface area contributed by atoms with Crippen molar-refractivity contribution in [3.63, 3.8) is 0 Å². The molecule has 1 aromatic carbocycles. The lowest BCUT2D eigenvalue weighted by Crippen LogP contribution is -2.22. The third-order valence-corrected chi connectivity index (χ3v) is 3.13. The zero-order valence-corrected chi connectivity index (χ0v) is 7.71. The molecular weight excluding hydrogens is 188 g/mol. The van der Waals surface area contributed by atoms with Gasteiger partial charge in [-0.05, 0) is 12.1 Å². The van der Waals surface area contributed by atoms with Gasteiger partial charge in [-0.2, -0.15) is 0 Å². The van der Waals surface area contributed by atoms with Gasteiger partial charge in [0.15, 0.2) is 9.84 Å². The van der Waals surface area contributed by atoms with Crippen molar-refractivity contribution in [1.29, 1.82) is 5.41 Å². The second-order valence-corrected chi connectivity index (χ2v) is 4.59. The van der Waals surface area contributed by atoms with Gasteiger partial charge in [0, 0.05) is 0 Å². The van der Waals surface area contributed by atoms with Crippen LogP contribution in [0.5, 0.6) is 0 Å². The zero-order valence-electron chi connectivity index (χ0n) is 6.90. The first-order valence-electron chi connectivity index (χ1n) is 3.63. The van der Waals surface area contributed by atoms with Gasteiger partial charge in [0.05, 0.1) is 4.90 Å². The highest BCUT2D eigenvalue weighted by Gasteiger charge is 2.14. The predicted octanol–water partition coefficient (Wildman–Crippen LogP) is 0.396. The lowest BCUT2D eigenvalue weighted by molar-refractivity contribution is 0.599. The van der Waals surface area contributed by atoms with E-state index < -0.39 is 15.6 Å². The van der Waals surface area contributed by atoms with Crippen LogP contribution in [0.25, 0.3) is 0 Å². The Balaban J connectivity index is 3.02. The average molecular weight is 198 g/mol. The molecule has 0 unspecified atom stereocenters. The molecule has 5 heteroatoms. The van der Waals surface area contributed by atoms with Gasteiger partial charge in [-0.25, -0.2) is 8.42 Å². The topological polar surface area (TPSA) is 84.0 Å². The summed E-state index contributed by atoms with van der Waals surface area (Å²) in [6.07, 6.45) is 0. The van der Waals surface area contributed by atoms with E-state index in [4.69, 9.17) is 11.1 Å². The van der Waals surface area contributed by atoms with E-state index in [0.29, 0.717) is 0 Å². The van der Waals surface area contributed by atoms with Gasteiger partial charge in [0.2, 0.25) is 0 Å². The van der Waals surface area contributed by atoms with E-state index >= 15 is 0 Å². The SMILES string of the molecule is N=C(N)CS(=O)(=O)c1ccccc1. The van der Waals surface area contributed by atoms with Crippen molar-refractivity contribution in [2.75, 3.05) is 5.75 Å². The lowest BCUT2D eigenvalue weighted by Gasteiger charge is -2.01. The van der Waals surface area contributed by atoms with E-state index in [9.17, 15) is 8.42 Å². The van der Waals surface area contributed by atoms with Crippen LogP contribution in [0.15, 0.2) is 35.2 Å². The van der Waals surface area contributed by atoms with Crippen LogP contribution in [-0.2, 0) is 9.84 Å². The molecule has 0 spiro atoms. The third-order valence-electron chi connectivity index (χ3n) is 1.45.